The first-order valence-electron chi connectivity index (χ1n) is 6.60. The van der Waals surface area contributed by atoms with Gasteiger partial charge >= 0.3 is 0 Å². The van der Waals surface area contributed by atoms with Crippen LogP contribution in [0.25, 0.3) is 0 Å². The zero-order valence-corrected chi connectivity index (χ0v) is 11.8. The maximum atomic E-state index is 11.6. The van der Waals surface area contributed by atoms with E-state index in [2.05, 4.69) is 24.5 Å². The summed E-state index contributed by atoms with van der Waals surface area (Å²) in [5, 5.41) is 5.45. The highest BCUT2D eigenvalue weighted by molar-refractivity contribution is 5.94. The van der Waals surface area contributed by atoms with Crippen molar-refractivity contribution >= 4 is 11.8 Å². The van der Waals surface area contributed by atoms with Gasteiger partial charge in [0, 0.05) is 25.6 Å². The molecule has 0 bridgehead atoms. The van der Waals surface area contributed by atoms with E-state index in [1.807, 2.05) is 12.1 Å². The maximum absolute atomic E-state index is 11.6. The van der Waals surface area contributed by atoms with Gasteiger partial charge in [0.05, 0.1) is 0 Å². The van der Waals surface area contributed by atoms with Gasteiger partial charge in [-0.3, -0.25) is 9.59 Å². The van der Waals surface area contributed by atoms with E-state index in [1.54, 1.807) is 19.2 Å². The molecule has 0 radical (unpaired) electrons. The third-order valence-corrected chi connectivity index (χ3v) is 2.85. The number of hydrogen-bond donors (Lipinski definition) is 2. The number of hydrogen-bond acceptors (Lipinski definition) is 2. The van der Waals surface area contributed by atoms with Crippen LogP contribution in [-0.2, 0) is 11.3 Å². The number of nitrogens with one attached hydrogen (secondary N) is 2. The van der Waals surface area contributed by atoms with E-state index < -0.39 is 0 Å². The number of amides is 2. The van der Waals surface area contributed by atoms with Crippen molar-refractivity contribution in [3.63, 3.8) is 0 Å². The minimum absolute atomic E-state index is 0.0547. The van der Waals surface area contributed by atoms with Crippen molar-refractivity contribution in [2.24, 2.45) is 5.92 Å². The second kappa shape index (κ2) is 7.56. The maximum Gasteiger partial charge on any atom is 0.251 e. The van der Waals surface area contributed by atoms with Gasteiger partial charge in [0.25, 0.3) is 5.91 Å². The molecule has 1 aromatic carbocycles. The second-order valence-corrected chi connectivity index (χ2v) is 4.99. The molecule has 4 nitrogen and oxygen atoms in total. The standard InChI is InChI=1S/C15H22N2O2/c1-11(2)7-8-14(18)17-10-12-5-4-6-13(9-12)15(19)16-3/h4-6,9,11H,7-8,10H2,1-3H3,(H,16,19)(H,17,18). The van der Waals surface area contributed by atoms with Gasteiger partial charge in [0.2, 0.25) is 5.91 Å². The van der Waals surface area contributed by atoms with Gasteiger partial charge in [-0.1, -0.05) is 26.0 Å². The second-order valence-electron chi connectivity index (χ2n) is 4.99. The van der Waals surface area contributed by atoms with E-state index in [1.165, 1.54) is 0 Å². The van der Waals surface area contributed by atoms with E-state index in [4.69, 9.17) is 0 Å². The Bertz CT molecular complexity index is 442. The molecule has 0 aliphatic carbocycles. The van der Waals surface area contributed by atoms with Crippen molar-refractivity contribution in [3.8, 4) is 0 Å². The lowest BCUT2D eigenvalue weighted by molar-refractivity contribution is -0.121. The van der Waals surface area contributed by atoms with Crippen LogP contribution in [-0.4, -0.2) is 18.9 Å². The Kier molecular flexibility index (Phi) is 6.06. The fraction of sp³-hybridized carbons (Fsp3) is 0.467. The molecule has 0 unspecified atom stereocenters. The summed E-state index contributed by atoms with van der Waals surface area (Å²) in [5.41, 5.74) is 1.54. The molecule has 0 saturated carbocycles. The molecule has 0 saturated heterocycles. The molecule has 1 rings (SSSR count). The lowest BCUT2D eigenvalue weighted by Gasteiger charge is -2.08. The fourth-order valence-corrected chi connectivity index (χ4v) is 1.68. The first kappa shape index (κ1) is 15.2. The van der Waals surface area contributed by atoms with Gasteiger partial charge in [-0.2, -0.15) is 0 Å². The Morgan fingerprint density at radius 1 is 1.26 bits per heavy atom. The molecule has 0 spiro atoms. The minimum atomic E-state index is -0.118. The summed E-state index contributed by atoms with van der Waals surface area (Å²) in [6, 6.07) is 7.26. The third-order valence-electron chi connectivity index (χ3n) is 2.85. The fourth-order valence-electron chi connectivity index (χ4n) is 1.68. The molecule has 0 fully saturated rings. The smallest absolute Gasteiger partial charge is 0.251 e. The van der Waals surface area contributed by atoms with Crippen LogP contribution in [0.15, 0.2) is 24.3 Å². The molecule has 0 aromatic heterocycles. The van der Waals surface area contributed by atoms with Crippen molar-refractivity contribution in [2.45, 2.75) is 33.2 Å². The van der Waals surface area contributed by atoms with Crippen LogP contribution in [0, 0.1) is 5.92 Å². The summed E-state index contributed by atoms with van der Waals surface area (Å²) in [6.45, 7) is 4.65. The van der Waals surface area contributed by atoms with E-state index in [9.17, 15) is 9.59 Å². The average Bonchev–Trinajstić information content (AvgIpc) is 2.42. The van der Waals surface area contributed by atoms with Gasteiger partial charge in [-0.15, -0.1) is 0 Å². The van der Waals surface area contributed by atoms with Gasteiger partial charge in [-0.25, -0.2) is 0 Å². The molecule has 0 heterocycles. The van der Waals surface area contributed by atoms with Crippen molar-refractivity contribution in [1.29, 1.82) is 0 Å². The molecular formula is C15H22N2O2. The van der Waals surface area contributed by atoms with Crippen LogP contribution < -0.4 is 10.6 Å². The highest BCUT2D eigenvalue weighted by Crippen LogP contribution is 2.06. The quantitative estimate of drug-likeness (QED) is 0.825. The summed E-state index contributed by atoms with van der Waals surface area (Å²) in [6.07, 6.45) is 1.44. The van der Waals surface area contributed by atoms with E-state index in [0.717, 1.165) is 12.0 Å². The molecule has 1 aromatic rings. The molecular weight excluding hydrogens is 240 g/mol. The summed E-state index contributed by atoms with van der Waals surface area (Å²) in [5.74, 6) is 0.467. The molecule has 2 N–H and O–H groups in total. The monoisotopic (exact) mass is 262 g/mol. The lowest BCUT2D eigenvalue weighted by Crippen LogP contribution is -2.23. The summed E-state index contributed by atoms with van der Waals surface area (Å²) >= 11 is 0. The van der Waals surface area contributed by atoms with Gasteiger partial charge in [0.1, 0.15) is 0 Å². The number of rotatable bonds is 6. The first-order chi connectivity index (χ1) is 9.02. The zero-order valence-electron chi connectivity index (χ0n) is 11.8. The van der Waals surface area contributed by atoms with Crippen LogP contribution in [0.4, 0.5) is 0 Å². The SMILES string of the molecule is CNC(=O)c1cccc(CNC(=O)CCC(C)C)c1. The minimum Gasteiger partial charge on any atom is -0.355 e. The van der Waals surface area contributed by atoms with Crippen LogP contribution in [0.1, 0.15) is 42.6 Å². The Morgan fingerprint density at radius 3 is 2.63 bits per heavy atom. The van der Waals surface area contributed by atoms with Crippen molar-refractivity contribution < 1.29 is 9.59 Å². The summed E-state index contributed by atoms with van der Waals surface area (Å²) in [7, 11) is 1.60. The summed E-state index contributed by atoms with van der Waals surface area (Å²) < 4.78 is 0. The van der Waals surface area contributed by atoms with Crippen molar-refractivity contribution in [2.75, 3.05) is 7.05 Å². The van der Waals surface area contributed by atoms with Gasteiger partial charge in [0.15, 0.2) is 0 Å². The normalized spacial score (nSPS) is 10.3. The summed E-state index contributed by atoms with van der Waals surface area (Å²) in [4.78, 5) is 23.1. The molecule has 2 amide bonds. The van der Waals surface area contributed by atoms with Gasteiger partial charge < -0.3 is 10.6 Å². The van der Waals surface area contributed by atoms with Crippen LogP contribution in [0.5, 0.6) is 0 Å². The van der Waals surface area contributed by atoms with Gasteiger partial charge in [-0.05, 0) is 30.0 Å². The molecule has 0 atom stereocenters. The Morgan fingerprint density at radius 2 is 2.00 bits per heavy atom. The van der Waals surface area contributed by atoms with E-state index >= 15 is 0 Å². The Labute approximate surface area is 114 Å². The Hall–Kier alpha value is -1.84. The van der Waals surface area contributed by atoms with Crippen molar-refractivity contribution in [1.82, 2.24) is 10.6 Å². The average molecular weight is 262 g/mol. The number of carbonyl (C=O) groups is 2. The lowest BCUT2D eigenvalue weighted by atomic mass is 10.1. The van der Waals surface area contributed by atoms with Crippen LogP contribution >= 0.6 is 0 Å². The first-order valence-corrected chi connectivity index (χ1v) is 6.60. The zero-order chi connectivity index (χ0) is 14.3. The van der Waals surface area contributed by atoms with E-state index in [-0.39, 0.29) is 11.8 Å². The number of carbonyl (C=O) groups excluding carboxylic acids is 2. The molecule has 0 aliphatic rings. The highest BCUT2D eigenvalue weighted by atomic mass is 16.2. The predicted molar refractivity (Wildman–Crippen MR) is 75.8 cm³/mol. The third kappa shape index (κ3) is 5.55. The molecule has 0 aliphatic heterocycles. The van der Waals surface area contributed by atoms with Crippen molar-refractivity contribution in [3.05, 3.63) is 35.4 Å². The predicted octanol–water partition coefficient (Wildman–Crippen LogP) is 2.10. The van der Waals surface area contributed by atoms with Crippen LogP contribution in [0.2, 0.25) is 0 Å². The molecule has 4 heteroatoms. The largest absolute Gasteiger partial charge is 0.355 e. The topological polar surface area (TPSA) is 58.2 Å². The van der Waals surface area contributed by atoms with Crippen LogP contribution in [0.3, 0.4) is 0 Å². The highest BCUT2D eigenvalue weighted by Gasteiger charge is 2.06. The van der Waals surface area contributed by atoms with E-state index in [0.29, 0.717) is 24.4 Å². The molecule has 19 heavy (non-hydrogen) atoms. The number of benzene rings is 1. The molecule has 104 valence electrons. The Balaban J connectivity index is 2.49.